The van der Waals surface area contributed by atoms with Crippen LogP contribution in [0, 0.1) is 0 Å². The van der Waals surface area contributed by atoms with Gasteiger partial charge in [0.1, 0.15) is 16.2 Å². The zero-order chi connectivity index (χ0) is 15.1. The molecule has 1 aromatic rings. The molecule has 1 aromatic heterocycles. The van der Waals surface area contributed by atoms with E-state index in [0.717, 1.165) is 19.3 Å². The summed E-state index contributed by atoms with van der Waals surface area (Å²) in [4.78, 5) is 12.1. The molecule has 0 aliphatic heterocycles. The van der Waals surface area contributed by atoms with Gasteiger partial charge >= 0.3 is 5.97 Å². The molecule has 0 N–H and O–H groups in total. The lowest BCUT2D eigenvalue weighted by atomic mass is 9.93. The molecule has 0 atom stereocenters. The van der Waals surface area contributed by atoms with Crippen LogP contribution in [0.2, 0.25) is 0 Å². The molecule has 0 unspecified atom stereocenters. The van der Waals surface area contributed by atoms with E-state index in [1.165, 1.54) is 12.3 Å². The lowest BCUT2D eigenvalue weighted by molar-refractivity contribution is 0.00529. The zero-order valence-electron chi connectivity index (χ0n) is 11.7. The highest BCUT2D eigenvalue weighted by molar-refractivity contribution is 8.13. The number of carbonyl (C=O) groups is 1. The van der Waals surface area contributed by atoms with Crippen LogP contribution in [0.5, 0.6) is 0 Å². The number of nitrogens with zero attached hydrogens (tertiary/aromatic N) is 1. The summed E-state index contributed by atoms with van der Waals surface area (Å²) in [6.07, 6.45) is 4.34. The van der Waals surface area contributed by atoms with Crippen molar-refractivity contribution < 1.29 is 17.9 Å². The van der Waals surface area contributed by atoms with Gasteiger partial charge in [0.25, 0.3) is 9.05 Å². The molecule has 20 heavy (non-hydrogen) atoms. The minimum atomic E-state index is -3.86. The van der Waals surface area contributed by atoms with Crippen LogP contribution < -0.4 is 0 Å². The number of hydrogen-bond donors (Lipinski definition) is 0. The van der Waals surface area contributed by atoms with Crippen LogP contribution in [-0.4, -0.2) is 24.6 Å². The highest BCUT2D eigenvalue weighted by Crippen LogP contribution is 2.35. The number of aromatic nitrogens is 1. The van der Waals surface area contributed by atoms with E-state index in [0.29, 0.717) is 0 Å². The van der Waals surface area contributed by atoms with Gasteiger partial charge in [-0.3, -0.25) is 0 Å². The Hall–Kier alpha value is -1.01. The standard InChI is InChI=1S/C13H18ClNO4S/c1-13(2,3)19-12(16)11-7-10(20(14,17)18)8-15(11)9-5-4-6-9/h7-9H,4-6H2,1-3H3. The Morgan fingerprint density at radius 3 is 2.40 bits per heavy atom. The van der Waals surface area contributed by atoms with E-state index in [4.69, 9.17) is 15.4 Å². The molecular formula is C13H18ClNO4S. The van der Waals surface area contributed by atoms with Gasteiger partial charge in [0, 0.05) is 22.9 Å². The van der Waals surface area contributed by atoms with Gasteiger partial charge in [-0.15, -0.1) is 0 Å². The first-order chi connectivity index (χ1) is 9.08. The van der Waals surface area contributed by atoms with Crippen LogP contribution in [0.25, 0.3) is 0 Å². The van der Waals surface area contributed by atoms with Crippen molar-refractivity contribution in [2.75, 3.05) is 0 Å². The van der Waals surface area contributed by atoms with Crippen LogP contribution in [0.3, 0.4) is 0 Å². The molecule has 1 heterocycles. The van der Waals surface area contributed by atoms with Crippen LogP contribution in [0.15, 0.2) is 17.2 Å². The smallest absolute Gasteiger partial charge is 0.355 e. The van der Waals surface area contributed by atoms with E-state index >= 15 is 0 Å². The van der Waals surface area contributed by atoms with Crippen molar-refractivity contribution in [3.63, 3.8) is 0 Å². The number of esters is 1. The van der Waals surface area contributed by atoms with Crippen LogP contribution in [-0.2, 0) is 13.8 Å². The SMILES string of the molecule is CC(C)(C)OC(=O)c1cc(S(=O)(=O)Cl)cn1C1CCC1. The largest absolute Gasteiger partial charge is 0.455 e. The topological polar surface area (TPSA) is 65.4 Å². The van der Waals surface area contributed by atoms with Gasteiger partial charge in [0.15, 0.2) is 0 Å². The molecular weight excluding hydrogens is 302 g/mol. The van der Waals surface area contributed by atoms with E-state index in [1.807, 2.05) is 0 Å². The van der Waals surface area contributed by atoms with Gasteiger partial charge in [-0.1, -0.05) is 0 Å². The first-order valence-electron chi connectivity index (χ1n) is 6.48. The second-order valence-electron chi connectivity index (χ2n) is 5.99. The molecule has 2 rings (SSSR count). The third-order valence-corrected chi connectivity index (χ3v) is 4.50. The van der Waals surface area contributed by atoms with E-state index in [1.54, 1.807) is 25.3 Å². The Balaban J connectivity index is 2.39. The molecule has 0 bridgehead atoms. The van der Waals surface area contributed by atoms with Crippen LogP contribution in [0.4, 0.5) is 0 Å². The Morgan fingerprint density at radius 1 is 1.40 bits per heavy atom. The number of hydrogen-bond acceptors (Lipinski definition) is 4. The van der Waals surface area contributed by atoms with E-state index in [-0.39, 0.29) is 16.6 Å². The Bertz CT molecular complexity index is 623. The Kier molecular flexibility index (Phi) is 3.90. The van der Waals surface area contributed by atoms with Crippen LogP contribution in [0.1, 0.15) is 56.6 Å². The summed E-state index contributed by atoms with van der Waals surface area (Å²) >= 11 is 0. The summed E-state index contributed by atoms with van der Waals surface area (Å²) in [6.45, 7) is 5.29. The quantitative estimate of drug-likeness (QED) is 0.634. The number of rotatable bonds is 3. The van der Waals surface area contributed by atoms with Gasteiger partial charge < -0.3 is 9.30 Å². The van der Waals surface area contributed by atoms with Crippen molar-refractivity contribution in [2.45, 2.75) is 56.6 Å². The fraction of sp³-hybridized carbons (Fsp3) is 0.615. The van der Waals surface area contributed by atoms with Crippen molar-refractivity contribution in [1.29, 1.82) is 0 Å². The fourth-order valence-electron chi connectivity index (χ4n) is 2.05. The van der Waals surface area contributed by atoms with Crippen molar-refractivity contribution >= 4 is 25.7 Å². The maximum atomic E-state index is 12.2. The monoisotopic (exact) mass is 319 g/mol. The molecule has 1 fully saturated rings. The fourth-order valence-corrected chi connectivity index (χ4v) is 2.79. The van der Waals surface area contributed by atoms with Crippen molar-refractivity contribution in [2.24, 2.45) is 0 Å². The maximum absolute atomic E-state index is 12.2. The first-order valence-corrected chi connectivity index (χ1v) is 8.79. The number of ether oxygens (including phenoxy) is 1. The highest BCUT2D eigenvalue weighted by Gasteiger charge is 2.29. The summed E-state index contributed by atoms with van der Waals surface area (Å²) < 4.78 is 29.9. The Labute approximate surface area is 123 Å². The lowest BCUT2D eigenvalue weighted by Crippen LogP contribution is -2.27. The molecule has 0 radical (unpaired) electrons. The first kappa shape index (κ1) is 15.4. The highest BCUT2D eigenvalue weighted by atomic mass is 35.7. The van der Waals surface area contributed by atoms with E-state index < -0.39 is 20.6 Å². The molecule has 0 aromatic carbocycles. The normalized spacial score (nSPS) is 16.8. The second kappa shape index (κ2) is 5.07. The summed E-state index contributed by atoms with van der Waals surface area (Å²) in [6, 6.07) is 1.43. The molecule has 0 spiro atoms. The van der Waals surface area contributed by atoms with Crippen molar-refractivity contribution in [3.8, 4) is 0 Å². The van der Waals surface area contributed by atoms with Gasteiger partial charge in [0.05, 0.1) is 0 Å². The minimum Gasteiger partial charge on any atom is -0.455 e. The molecule has 5 nitrogen and oxygen atoms in total. The summed E-state index contributed by atoms with van der Waals surface area (Å²) in [5.74, 6) is -0.532. The Morgan fingerprint density at radius 2 is 2.00 bits per heavy atom. The van der Waals surface area contributed by atoms with E-state index in [9.17, 15) is 13.2 Å². The molecule has 0 saturated heterocycles. The molecule has 112 valence electrons. The minimum absolute atomic E-state index is 0.0630. The average Bonchev–Trinajstić information content (AvgIpc) is 2.55. The summed E-state index contributed by atoms with van der Waals surface area (Å²) in [5.41, 5.74) is -0.393. The number of carbonyl (C=O) groups excluding carboxylic acids is 1. The van der Waals surface area contributed by atoms with Gasteiger partial charge in [-0.05, 0) is 46.1 Å². The predicted octanol–water partition coefficient (Wildman–Crippen LogP) is 3.10. The third kappa shape index (κ3) is 3.35. The molecule has 0 amide bonds. The molecule has 1 aliphatic carbocycles. The van der Waals surface area contributed by atoms with Gasteiger partial charge in [-0.2, -0.15) is 0 Å². The van der Waals surface area contributed by atoms with Crippen molar-refractivity contribution in [3.05, 3.63) is 18.0 Å². The van der Waals surface area contributed by atoms with Gasteiger partial charge in [0.2, 0.25) is 0 Å². The summed E-state index contributed by atoms with van der Waals surface area (Å²) in [7, 11) is 1.50. The number of halogens is 1. The molecule has 7 heteroatoms. The van der Waals surface area contributed by atoms with E-state index in [2.05, 4.69) is 0 Å². The van der Waals surface area contributed by atoms with Crippen LogP contribution >= 0.6 is 10.7 Å². The summed E-state index contributed by atoms with van der Waals surface area (Å²) in [5, 5.41) is 0. The zero-order valence-corrected chi connectivity index (χ0v) is 13.3. The second-order valence-corrected chi connectivity index (χ2v) is 8.56. The third-order valence-electron chi connectivity index (χ3n) is 3.18. The van der Waals surface area contributed by atoms with Crippen molar-refractivity contribution in [1.82, 2.24) is 4.57 Å². The lowest BCUT2D eigenvalue weighted by Gasteiger charge is -2.29. The predicted molar refractivity (Wildman–Crippen MR) is 75.5 cm³/mol. The average molecular weight is 320 g/mol. The molecule has 1 saturated carbocycles. The molecule has 1 aliphatic rings. The van der Waals surface area contributed by atoms with Gasteiger partial charge in [-0.25, -0.2) is 13.2 Å². The maximum Gasteiger partial charge on any atom is 0.355 e.